The number of aryl methyl sites for hydroxylation is 1. The summed E-state index contributed by atoms with van der Waals surface area (Å²) in [5.74, 6) is 0.611. The second-order valence-electron chi connectivity index (χ2n) is 6.96. The van der Waals surface area contributed by atoms with Crippen LogP contribution in [0.3, 0.4) is 0 Å². The number of carbonyl (C=O) groups is 1. The molecule has 1 aromatic carbocycles. The average molecular weight is 326 g/mol. The van der Waals surface area contributed by atoms with E-state index in [4.69, 9.17) is 9.26 Å². The molecule has 5 heteroatoms. The molecule has 0 aliphatic carbocycles. The van der Waals surface area contributed by atoms with Crippen LogP contribution in [0.5, 0.6) is 0 Å². The second kappa shape index (κ2) is 6.06. The maximum absolute atomic E-state index is 13.2. The number of hydrogen-bond acceptors (Lipinski definition) is 4. The van der Waals surface area contributed by atoms with Crippen molar-refractivity contribution in [2.45, 2.75) is 26.2 Å². The maximum Gasteiger partial charge on any atom is 0.259 e. The van der Waals surface area contributed by atoms with Gasteiger partial charge in [0.15, 0.2) is 0 Å². The zero-order valence-electron chi connectivity index (χ0n) is 14.0. The van der Waals surface area contributed by atoms with Crippen LogP contribution in [0.15, 0.2) is 34.9 Å². The summed E-state index contributed by atoms with van der Waals surface area (Å²) in [7, 11) is 0. The molecule has 0 saturated carbocycles. The molecule has 126 valence electrons. The molecule has 2 fully saturated rings. The van der Waals surface area contributed by atoms with Crippen LogP contribution in [0.25, 0.3) is 11.3 Å². The average Bonchev–Trinajstić information content (AvgIpc) is 3.22. The van der Waals surface area contributed by atoms with Crippen LogP contribution in [-0.4, -0.2) is 42.3 Å². The lowest BCUT2D eigenvalue weighted by Gasteiger charge is -2.39. The largest absolute Gasteiger partial charge is 0.381 e. The molecular weight excluding hydrogens is 304 g/mol. The minimum atomic E-state index is 0.0265. The Morgan fingerprint density at radius 2 is 2.08 bits per heavy atom. The van der Waals surface area contributed by atoms with Crippen molar-refractivity contribution in [1.82, 2.24) is 10.1 Å². The number of ether oxygens (including phenoxy) is 1. The van der Waals surface area contributed by atoms with E-state index in [-0.39, 0.29) is 11.3 Å². The number of rotatable bonds is 2. The second-order valence-corrected chi connectivity index (χ2v) is 6.96. The van der Waals surface area contributed by atoms with Crippen LogP contribution in [0.4, 0.5) is 0 Å². The summed E-state index contributed by atoms with van der Waals surface area (Å²) in [5.41, 5.74) is 2.29. The fourth-order valence-corrected chi connectivity index (χ4v) is 3.93. The monoisotopic (exact) mass is 326 g/mol. The minimum absolute atomic E-state index is 0.0265. The Hall–Kier alpha value is -2.14. The number of amides is 1. The van der Waals surface area contributed by atoms with E-state index in [0.717, 1.165) is 51.1 Å². The number of hydrogen-bond donors (Lipinski definition) is 0. The molecular formula is C19H22N2O3. The molecule has 2 aliphatic heterocycles. The van der Waals surface area contributed by atoms with E-state index in [1.165, 1.54) is 0 Å². The fourth-order valence-electron chi connectivity index (χ4n) is 3.93. The molecule has 4 rings (SSSR count). The normalized spacial score (nSPS) is 23.8. The zero-order valence-corrected chi connectivity index (χ0v) is 14.0. The number of benzene rings is 1. The van der Waals surface area contributed by atoms with Crippen molar-refractivity contribution in [1.29, 1.82) is 0 Å². The molecule has 5 nitrogen and oxygen atoms in total. The predicted molar refractivity (Wildman–Crippen MR) is 89.7 cm³/mol. The standard InChI is InChI=1S/C19H22N2O3/c1-14-16(17(20-24-14)15-6-3-2-4-7-15)18(22)21-10-5-8-19(12-21)9-11-23-13-19/h2-4,6-7H,5,8-13H2,1H3/t19-/m0/s1. The van der Waals surface area contributed by atoms with Crippen molar-refractivity contribution in [2.75, 3.05) is 26.3 Å². The Bertz CT molecular complexity index is 732. The van der Waals surface area contributed by atoms with Gasteiger partial charge in [-0.05, 0) is 26.2 Å². The highest BCUT2D eigenvalue weighted by Gasteiger charge is 2.41. The topological polar surface area (TPSA) is 55.6 Å². The molecule has 1 atom stereocenters. The molecule has 0 radical (unpaired) electrons. The van der Waals surface area contributed by atoms with E-state index in [1.54, 1.807) is 0 Å². The summed E-state index contributed by atoms with van der Waals surface area (Å²) in [6.45, 7) is 4.95. The van der Waals surface area contributed by atoms with Gasteiger partial charge in [0.25, 0.3) is 5.91 Å². The molecule has 2 saturated heterocycles. The Labute approximate surface area is 141 Å². The summed E-state index contributed by atoms with van der Waals surface area (Å²) < 4.78 is 11.0. The molecule has 3 heterocycles. The van der Waals surface area contributed by atoms with E-state index in [0.29, 0.717) is 17.0 Å². The molecule has 0 unspecified atom stereocenters. The van der Waals surface area contributed by atoms with E-state index in [9.17, 15) is 4.79 Å². The van der Waals surface area contributed by atoms with E-state index in [2.05, 4.69) is 5.16 Å². The number of carbonyl (C=O) groups excluding carboxylic acids is 1. The molecule has 1 aromatic heterocycles. The first-order valence-corrected chi connectivity index (χ1v) is 8.57. The third-order valence-corrected chi connectivity index (χ3v) is 5.26. The van der Waals surface area contributed by atoms with Gasteiger partial charge < -0.3 is 14.2 Å². The Morgan fingerprint density at radius 3 is 2.83 bits per heavy atom. The summed E-state index contributed by atoms with van der Waals surface area (Å²) in [6.07, 6.45) is 3.22. The smallest absolute Gasteiger partial charge is 0.259 e. The highest BCUT2D eigenvalue weighted by atomic mass is 16.5. The van der Waals surface area contributed by atoms with Gasteiger partial charge >= 0.3 is 0 Å². The SMILES string of the molecule is Cc1onc(-c2ccccc2)c1C(=O)N1CCC[C@]2(CCOC2)C1. The van der Waals surface area contributed by atoms with Crippen molar-refractivity contribution >= 4 is 5.91 Å². The summed E-state index contributed by atoms with van der Waals surface area (Å²) >= 11 is 0. The fraction of sp³-hybridized carbons (Fsp3) is 0.474. The van der Waals surface area contributed by atoms with Gasteiger partial charge in [-0.3, -0.25) is 4.79 Å². The lowest BCUT2D eigenvalue weighted by molar-refractivity contribution is 0.0462. The maximum atomic E-state index is 13.2. The van der Waals surface area contributed by atoms with Gasteiger partial charge in [-0.1, -0.05) is 35.5 Å². The first kappa shape index (κ1) is 15.4. The van der Waals surface area contributed by atoms with Crippen molar-refractivity contribution in [3.05, 3.63) is 41.7 Å². The van der Waals surface area contributed by atoms with Gasteiger partial charge in [0.05, 0.1) is 6.61 Å². The minimum Gasteiger partial charge on any atom is -0.381 e. The van der Waals surface area contributed by atoms with Gasteiger partial charge in [0.1, 0.15) is 17.0 Å². The van der Waals surface area contributed by atoms with Crippen molar-refractivity contribution in [3.63, 3.8) is 0 Å². The number of nitrogens with zero attached hydrogens (tertiary/aromatic N) is 2. The van der Waals surface area contributed by atoms with E-state index < -0.39 is 0 Å². The third-order valence-electron chi connectivity index (χ3n) is 5.26. The van der Waals surface area contributed by atoms with Gasteiger partial charge in [0.2, 0.25) is 0 Å². The predicted octanol–water partition coefficient (Wildman–Crippen LogP) is 3.29. The van der Waals surface area contributed by atoms with Crippen LogP contribution in [-0.2, 0) is 4.74 Å². The van der Waals surface area contributed by atoms with Crippen LogP contribution >= 0.6 is 0 Å². The Balaban J connectivity index is 1.64. The van der Waals surface area contributed by atoms with Crippen LogP contribution in [0.2, 0.25) is 0 Å². The zero-order chi connectivity index (χ0) is 16.6. The van der Waals surface area contributed by atoms with Gasteiger partial charge in [-0.25, -0.2) is 0 Å². The quantitative estimate of drug-likeness (QED) is 0.850. The molecule has 24 heavy (non-hydrogen) atoms. The molecule has 0 N–H and O–H groups in total. The van der Waals surface area contributed by atoms with Crippen LogP contribution in [0.1, 0.15) is 35.4 Å². The van der Waals surface area contributed by atoms with Crippen molar-refractivity contribution in [3.8, 4) is 11.3 Å². The molecule has 2 aromatic rings. The lowest BCUT2D eigenvalue weighted by Crippen LogP contribution is -2.46. The molecule has 2 aliphatic rings. The van der Waals surface area contributed by atoms with E-state index >= 15 is 0 Å². The number of piperidine rings is 1. The highest BCUT2D eigenvalue weighted by molar-refractivity contribution is 6.00. The van der Waals surface area contributed by atoms with Gasteiger partial charge in [0, 0.05) is 30.7 Å². The van der Waals surface area contributed by atoms with Gasteiger partial charge in [-0.15, -0.1) is 0 Å². The van der Waals surface area contributed by atoms with Gasteiger partial charge in [-0.2, -0.15) is 0 Å². The van der Waals surface area contributed by atoms with Crippen LogP contribution in [0, 0.1) is 12.3 Å². The Morgan fingerprint density at radius 1 is 1.25 bits per heavy atom. The Kier molecular flexibility index (Phi) is 3.88. The number of aromatic nitrogens is 1. The van der Waals surface area contributed by atoms with E-state index in [1.807, 2.05) is 42.2 Å². The summed E-state index contributed by atoms with van der Waals surface area (Å²) in [6, 6.07) is 9.75. The van der Waals surface area contributed by atoms with Crippen LogP contribution < -0.4 is 0 Å². The summed E-state index contributed by atoms with van der Waals surface area (Å²) in [5, 5.41) is 4.14. The molecule has 0 bridgehead atoms. The molecule has 1 amide bonds. The third kappa shape index (κ3) is 2.63. The first-order valence-electron chi connectivity index (χ1n) is 8.57. The highest BCUT2D eigenvalue weighted by Crippen LogP contribution is 2.38. The molecule has 1 spiro atoms. The number of likely N-dealkylation sites (tertiary alicyclic amines) is 1. The van der Waals surface area contributed by atoms with Crippen molar-refractivity contribution in [2.24, 2.45) is 5.41 Å². The lowest BCUT2D eigenvalue weighted by atomic mass is 9.79. The van der Waals surface area contributed by atoms with Crippen molar-refractivity contribution < 1.29 is 14.1 Å². The summed E-state index contributed by atoms with van der Waals surface area (Å²) in [4.78, 5) is 15.2. The first-order chi connectivity index (χ1) is 11.7.